The largest absolute Gasteiger partial charge is 0.508 e. The van der Waals surface area contributed by atoms with Gasteiger partial charge in [-0.25, -0.2) is 9.78 Å². The number of nitrogens with zero attached hydrogens (tertiary/aromatic N) is 2. The molecule has 5 aromatic rings. The molecule has 1 saturated heterocycles. The normalized spacial score (nSPS) is 34.8. The number of aromatic amines is 2. The predicted molar refractivity (Wildman–Crippen MR) is 277 cm³/mol. The number of H-pyrrole nitrogens is 2. The number of hydrogen-bond donors (Lipinski definition) is 14. The lowest BCUT2D eigenvalue weighted by Crippen LogP contribution is -2.67. The number of rotatable bonds is 12. The van der Waals surface area contributed by atoms with Gasteiger partial charge < -0.3 is 81.6 Å². The second-order valence-corrected chi connectivity index (χ2v) is 21.8. The molecule has 3 aromatic carbocycles. The average Bonchev–Trinajstić information content (AvgIpc) is 4.20. The highest BCUT2D eigenvalue weighted by atomic mass is 16.8. The minimum Gasteiger partial charge on any atom is -0.508 e. The highest BCUT2D eigenvalue weighted by Gasteiger charge is 2.74. The van der Waals surface area contributed by atoms with E-state index in [-0.39, 0.29) is 60.6 Å². The van der Waals surface area contributed by atoms with Crippen molar-refractivity contribution in [1.29, 1.82) is 0 Å². The van der Waals surface area contributed by atoms with Gasteiger partial charge in [-0.1, -0.05) is 48.1 Å². The SMILES string of the molecule is N[C@H]1CC[C@@H]2C=Cc3ccccc3[C@]12[C@@H]1C2=C(CC[C@H](O)C2)[C@]2(C(=O)O)[C@H]1c1cc(O)c(O[C@]3(O)O[C@H](CO)[C@@H](O)[C@H](O)[C@H]3O)cc1N2C(=O)/C=C/c1ccc(O)c([C@H]2C[C@H](CO)[C@H](CNc3ccc[nH]3)c3nc[nH]c32)c1. The summed E-state index contributed by atoms with van der Waals surface area (Å²) in [7, 11) is 0. The summed E-state index contributed by atoms with van der Waals surface area (Å²) in [6, 6.07) is 18.3. The van der Waals surface area contributed by atoms with Crippen LogP contribution in [-0.4, -0.2) is 146 Å². The molecule has 12 rings (SSSR count). The van der Waals surface area contributed by atoms with Crippen molar-refractivity contribution in [1.82, 2.24) is 15.0 Å². The Labute approximate surface area is 441 Å². The number of carboxylic acid groups (broad SMARTS) is 1. The summed E-state index contributed by atoms with van der Waals surface area (Å²) in [5.74, 6) is -8.95. The number of imidazole rings is 1. The Morgan fingerprint density at radius 3 is 2.52 bits per heavy atom. The van der Waals surface area contributed by atoms with Gasteiger partial charge in [0, 0.05) is 77.9 Å². The highest BCUT2D eigenvalue weighted by molar-refractivity contribution is 6.14. The summed E-state index contributed by atoms with van der Waals surface area (Å²) >= 11 is 0. The molecule has 404 valence electrons. The maximum absolute atomic E-state index is 15.7. The van der Waals surface area contributed by atoms with Gasteiger partial charge in [-0.3, -0.25) is 9.69 Å². The number of allylic oxidation sites excluding steroid dienone is 1. The zero-order valence-electron chi connectivity index (χ0n) is 41.7. The van der Waals surface area contributed by atoms with E-state index in [1.165, 1.54) is 24.3 Å². The molecule has 4 heterocycles. The van der Waals surface area contributed by atoms with E-state index in [2.05, 4.69) is 26.3 Å². The second kappa shape index (κ2) is 19.0. The fraction of sp³-hybridized carbons (Fsp3) is 0.421. The van der Waals surface area contributed by atoms with Crippen molar-refractivity contribution in [3.8, 4) is 17.2 Å². The molecule has 2 aromatic heterocycles. The lowest BCUT2D eigenvalue weighted by atomic mass is 9.53. The Bertz CT molecular complexity index is 3230. The number of carbonyl (C=O) groups is 2. The minimum absolute atomic E-state index is 0.0360. The molecule has 2 fully saturated rings. The molecule has 0 unspecified atom stereocenters. The fourth-order valence-electron chi connectivity index (χ4n) is 14.8. The Morgan fingerprint density at radius 1 is 0.935 bits per heavy atom. The number of amides is 1. The number of phenols is 2. The second-order valence-electron chi connectivity index (χ2n) is 21.8. The third-order valence-electron chi connectivity index (χ3n) is 18.1. The van der Waals surface area contributed by atoms with E-state index < -0.39 is 101 Å². The van der Waals surface area contributed by atoms with Crippen LogP contribution in [0.25, 0.3) is 12.2 Å². The smallest absolute Gasteiger partial charge is 0.355 e. The van der Waals surface area contributed by atoms with Crippen LogP contribution >= 0.6 is 0 Å². The maximum atomic E-state index is 15.7. The van der Waals surface area contributed by atoms with E-state index in [4.69, 9.17) is 15.2 Å². The summed E-state index contributed by atoms with van der Waals surface area (Å²) in [6.45, 7) is -0.602. The molecular weight excluding hydrogens is 993 g/mol. The van der Waals surface area contributed by atoms with Crippen molar-refractivity contribution in [2.45, 2.75) is 110 Å². The highest BCUT2D eigenvalue weighted by Crippen LogP contribution is 2.72. The Morgan fingerprint density at radius 2 is 1.75 bits per heavy atom. The molecule has 0 bridgehead atoms. The molecular formula is C57H62N6O14. The predicted octanol–water partition coefficient (Wildman–Crippen LogP) is 3.13. The Kier molecular flexibility index (Phi) is 12.5. The first kappa shape index (κ1) is 50.9. The van der Waals surface area contributed by atoms with E-state index in [0.717, 1.165) is 39.3 Å². The average molecular weight is 1060 g/mol. The standard InChI is InChI=1S/C57H62N6O14/c58-44-15-11-30-10-9-28-4-1-2-5-37(28)55(30,44)47-34-20-31(66)12-13-38(34)56(54(73)74)48(47)35-21-41(68)42(76-57(75)53(72)52(71)51(70)43(25-65)77-57)22-39(35)63(56)46(69)16-8-27-7-14-40(67)32(18-27)33-19-29(24-64)36(50-49(33)61-26-62-50)23-60-45-6-3-17-59-45/h1-10,14,16-18,21-22,26,29-31,33,36,43-44,47-48,51-53,59-60,64-68,70-72,75H,11-13,15,19-20,23-25,58H2,(H,61,62)(H,73,74)/b16-8+/t29-,30+,31+,33-,36+,43-,44+,47-,48+,51-,52+,53-,55+,56-,57+/m1/s1. The maximum Gasteiger partial charge on any atom is 0.355 e. The van der Waals surface area contributed by atoms with Crippen LogP contribution in [0.1, 0.15) is 95.5 Å². The van der Waals surface area contributed by atoms with Crippen molar-refractivity contribution in [3.63, 3.8) is 0 Å². The van der Waals surface area contributed by atoms with Crippen LogP contribution in [0.3, 0.4) is 0 Å². The van der Waals surface area contributed by atoms with Crippen LogP contribution in [0, 0.1) is 17.8 Å². The molecule has 0 radical (unpaired) electrons. The summed E-state index contributed by atoms with van der Waals surface area (Å²) in [5.41, 5.74) is 9.69. The number of aliphatic hydroxyl groups excluding tert-OH is 6. The molecule has 15 N–H and O–H groups in total. The number of nitrogens with two attached hydrogens (primary N) is 1. The molecule has 1 saturated carbocycles. The third-order valence-corrected chi connectivity index (χ3v) is 18.1. The molecule has 7 aliphatic rings. The molecule has 1 amide bonds. The van der Waals surface area contributed by atoms with Crippen molar-refractivity contribution in [2.75, 3.05) is 30.0 Å². The molecule has 5 aliphatic carbocycles. The van der Waals surface area contributed by atoms with E-state index in [9.17, 15) is 55.9 Å². The number of benzene rings is 3. The first-order chi connectivity index (χ1) is 37.1. The van der Waals surface area contributed by atoms with Gasteiger partial charge in [0.15, 0.2) is 23.1 Å². The van der Waals surface area contributed by atoms with Gasteiger partial charge in [0.05, 0.1) is 30.4 Å². The number of carbonyl (C=O) groups excluding carboxylic acids is 1. The number of carboxylic acids is 1. The summed E-state index contributed by atoms with van der Waals surface area (Å²) in [5, 5.41) is 115. The van der Waals surface area contributed by atoms with Gasteiger partial charge in [-0.05, 0) is 115 Å². The quantitative estimate of drug-likeness (QED) is 0.0485. The van der Waals surface area contributed by atoms with Crippen molar-refractivity contribution in [2.24, 2.45) is 23.5 Å². The number of aromatic hydroxyl groups is 2. The van der Waals surface area contributed by atoms with Gasteiger partial charge in [0.1, 0.15) is 29.9 Å². The van der Waals surface area contributed by atoms with E-state index in [1.807, 2.05) is 42.5 Å². The van der Waals surface area contributed by atoms with Crippen LogP contribution in [0.4, 0.5) is 11.5 Å². The van der Waals surface area contributed by atoms with Crippen LogP contribution in [0.15, 0.2) is 103 Å². The fourth-order valence-corrected chi connectivity index (χ4v) is 14.8. The number of nitrogens with one attached hydrogen (secondary N) is 3. The topological polar surface area (TPSA) is 341 Å². The van der Waals surface area contributed by atoms with Gasteiger partial charge in [-0.15, -0.1) is 0 Å². The molecule has 0 spiro atoms. The van der Waals surface area contributed by atoms with Crippen molar-refractivity contribution < 1.29 is 70.1 Å². The van der Waals surface area contributed by atoms with Gasteiger partial charge >= 0.3 is 11.9 Å². The molecule has 20 heteroatoms. The Balaban J connectivity index is 0.989. The van der Waals surface area contributed by atoms with Crippen LogP contribution in [0.2, 0.25) is 0 Å². The van der Waals surface area contributed by atoms with E-state index in [0.29, 0.717) is 48.1 Å². The molecule has 15 atom stereocenters. The number of phenolic OH excluding ortho intramolecular Hbond substituents is 2. The first-order valence-electron chi connectivity index (χ1n) is 26.2. The molecule has 2 aliphatic heterocycles. The molecule has 20 nitrogen and oxygen atoms in total. The number of hydrogen-bond acceptors (Lipinski definition) is 16. The first-order valence-corrected chi connectivity index (χ1v) is 26.2. The van der Waals surface area contributed by atoms with Crippen molar-refractivity contribution >= 4 is 35.5 Å². The van der Waals surface area contributed by atoms with Crippen LogP contribution < -0.4 is 20.7 Å². The zero-order chi connectivity index (χ0) is 53.9. The summed E-state index contributed by atoms with van der Waals surface area (Å²) in [6.07, 6.45) is 3.47. The molecule has 77 heavy (non-hydrogen) atoms. The van der Waals surface area contributed by atoms with Crippen molar-refractivity contribution in [3.05, 3.63) is 142 Å². The van der Waals surface area contributed by atoms with E-state index >= 15 is 4.79 Å². The summed E-state index contributed by atoms with van der Waals surface area (Å²) in [4.78, 5) is 42.9. The number of fused-ring (bicyclic) bond motifs is 8. The van der Waals surface area contributed by atoms with Gasteiger partial charge in [-0.2, -0.15) is 0 Å². The minimum atomic E-state index is -3.20. The van der Waals surface area contributed by atoms with Crippen LogP contribution in [-0.2, 0) is 19.7 Å². The monoisotopic (exact) mass is 1050 g/mol. The number of ether oxygens (including phenoxy) is 2. The number of aliphatic hydroxyl groups is 7. The lowest BCUT2D eigenvalue weighted by molar-refractivity contribution is -0.422. The summed E-state index contributed by atoms with van der Waals surface area (Å²) < 4.78 is 11.2. The van der Waals surface area contributed by atoms with E-state index in [1.54, 1.807) is 24.7 Å². The zero-order valence-corrected chi connectivity index (χ0v) is 41.7. The van der Waals surface area contributed by atoms with Gasteiger partial charge in [0.25, 0.3) is 5.91 Å². The van der Waals surface area contributed by atoms with Crippen LogP contribution in [0.5, 0.6) is 17.2 Å². The number of aliphatic carboxylic acids is 1. The Hall–Kier alpha value is -6.85. The number of anilines is 2. The lowest BCUT2D eigenvalue weighted by Gasteiger charge is -2.50. The number of aromatic nitrogens is 3. The van der Waals surface area contributed by atoms with Gasteiger partial charge in [0.2, 0.25) is 0 Å². The third kappa shape index (κ3) is 7.56.